The molecule has 4 unspecified atom stereocenters. The van der Waals surface area contributed by atoms with Crippen molar-refractivity contribution in [1.82, 2.24) is 26.2 Å². The fourth-order valence-corrected chi connectivity index (χ4v) is 7.76. The van der Waals surface area contributed by atoms with Crippen LogP contribution < -0.4 is 21.3 Å². The number of imide groups is 1. The van der Waals surface area contributed by atoms with Gasteiger partial charge in [0.1, 0.15) is 0 Å². The molecule has 10 nitrogen and oxygen atoms in total. The van der Waals surface area contributed by atoms with Gasteiger partial charge in [0.05, 0.1) is 17.3 Å². The van der Waals surface area contributed by atoms with Gasteiger partial charge in [-0.1, -0.05) is 6.42 Å². The van der Waals surface area contributed by atoms with Crippen molar-refractivity contribution in [3.05, 3.63) is 0 Å². The third-order valence-electron chi connectivity index (χ3n) is 8.18. The number of nitrogens with zero attached hydrogens (tertiary/aromatic N) is 1. The number of carbonyl (C=O) groups is 5. The predicted molar refractivity (Wildman–Crippen MR) is 149 cm³/mol. The molecule has 4 aliphatic rings. The van der Waals surface area contributed by atoms with E-state index in [0.29, 0.717) is 31.3 Å². The Balaban J connectivity index is 0.975. The number of thiol groups is 1. The van der Waals surface area contributed by atoms with E-state index in [9.17, 15) is 24.0 Å². The molecule has 6 amide bonds. The van der Waals surface area contributed by atoms with Gasteiger partial charge in [-0.15, -0.1) is 0 Å². The summed E-state index contributed by atoms with van der Waals surface area (Å²) in [5.41, 5.74) is 0. The van der Waals surface area contributed by atoms with Crippen molar-refractivity contribution in [1.29, 1.82) is 0 Å². The molecule has 212 valence electrons. The molecule has 4 atom stereocenters. The lowest BCUT2D eigenvalue weighted by molar-refractivity contribution is -0.139. The van der Waals surface area contributed by atoms with Crippen LogP contribution in [0.25, 0.3) is 0 Å². The van der Waals surface area contributed by atoms with Crippen molar-refractivity contribution in [3.63, 3.8) is 0 Å². The summed E-state index contributed by atoms with van der Waals surface area (Å²) in [6.45, 7) is 1.66. The number of carbonyl (C=O) groups excluding carboxylic acids is 5. The molecule has 0 aromatic carbocycles. The summed E-state index contributed by atoms with van der Waals surface area (Å²) < 4.78 is 0. The molecule has 3 aliphatic heterocycles. The summed E-state index contributed by atoms with van der Waals surface area (Å²) in [6.07, 6.45) is 8.40. The Morgan fingerprint density at radius 3 is 2.42 bits per heavy atom. The third-order valence-corrected chi connectivity index (χ3v) is 10.1. The molecule has 0 bridgehead atoms. The van der Waals surface area contributed by atoms with Crippen LogP contribution in [-0.2, 0) is 19.2 Å². The molecule has 0 radical (unpaired) electrons. The van der Waals surface area contributed by atoms with E-state index < -0.39 is 5.25 Å². The minimum absolute atomic E-state index is 0.0109. The number of likely N-dealkylation sites (tertiary alicyclic amines) is 1. The molecular weight excluding hydrogens is 526 g/mol. The average Bonchev–Trinajstić information content (AvgIpc) is 3.52. The lowest BCUT2D eigenvalue weighted by atomic mass is 9.81. The molecule has 3 heterocycles. The SMILES string of the molecule is O=C(CCCCC1SCC2NC(=O)NC21)NCCCCNC(=O)C1CCC(CN2C(=O)CC(S)C2=O)CC1. The molecule has 4 fully saturated rings. The number of thioether (sulfide) groups is 1. The number of hydrogen-bond donors (Lipinski definition) is 5. The van der Waals surface area contributed by atoms with Gasteiger partial charge in [-0.3, -0.25) is 24.1 Å². The van der Waals surface area contributed by atoms with Crippen LogP contribution in [0.3, 0.4) is 0 Å². The lowest BCUT2D eigenvalue weighted by Crippen LogP contribution is -2.39. The van der Waals surface area contributed by atoms with Crippen molar-refractivity contribution in [2.75, 3.05) is 25.4 Å². The summed E-state index contributed by atoms with van der Waals surface area (Å²) in [7, 11) is 0. The van der Waals surface area contributed by atoms with Crippen LogP contribution in [0.4, 0.5) is 4.79 Å². The molecule has 0 aromatic rings. The zero-order chi connectivity index (χ0) is 27.1. The summed E-state index contributed by atoms with van der Waals surface area (Å²) in [5.74, 6) is 1.03. The molecule has 1 aliphatic carbocycles. The molecule has 4 rings (SSSR count). The van der Waals surface area contributed by atoms with E-state index in [1.165, 1.54) is 4.90 Å². The number of unbranched alkanes of at least 4 members (excludes halogenated alkanes) is 2. The van der Waals surface area contributed by atoms with Crippen LogP contribution in [0.1, 0.15) is 70.6 Å². The van der Waals surface area contributed by atoms with Gasteiger partial charge >= 0.3 is 6.03 Å². The van der Waals surface area contributed by atoms with Crippen molar-refractivity contribution in [3.8, 4) is 0 Å². The Hall–Kier alpha value is -1.95. The first-order chi connectivity index (χ1) is 18.3. The molecule has 0 spiro atoms. The van der Waals surface area contributed by atoms with Gasteiger partial charge in [0, 0.05) is 49.4 Å². The quantitative estimate of drug-likeness (QED) is 0.0993. The van der Waals surface area contributed by atoms with Gasteiger partial charge in [-0.2, -0.15) is 24.4 Å². The van der Waals surface area contributed by atoms with Crippen LogP contribution in [-0.4, -0.2) is 82.5 Å². The first kappa shape index (κ1) is 29.0. The smallest absolute Gasteiger partial charge is 0.315 e. The number of nitrogens with one attached hydrogen (secondary N) is 4. The topological polar surface area (TPSA) is 137 Å². The second-order valence-corrected chi connectivity index (χ2v) is 12.9. The maximum absolute atomic E-state index is 12.5. The minimum atomic E-state index is -0.505. The first-order valence-corrected chi connectivity index (χ1v) is 15.6. The van der Waals surface area contributed by atoms with Crippen molar-refractivity contribution < 1.29 is 24.0 Å². The van der Waals surface area contributed by atoms with Crippen LogP contribution in [0, 0.1) is 11.8 Å². The largest absolute Gasteiger partial charge is 0.356 e. The molecule has 4 N–H and O–H groups in total. The van der Waals surface area contributed by atoms with Crippen molar-refractivity contribution >= 4 is 54.1 Å². The van der Waals surface area contributed by atoms with Gasteiger partial charge in [0.15, 0.2) is 0 Å². The predicted octanol–water partition coefficient (Wildman–Crippen LogP) is 1.59. The number of fused-ring (bicyclic) bond motifs is 1. The van der Waals surface area contributed by atoms with E-state index in [1.54, 1.807) is 0 Å². The highest BCUT2D eigenvalue weighted by Crippen LogP contribution is 2.33. The van der Waals surface area contributed by atoms with Gasteiger partial charge in [-0.05, 0) is 57.3 Å². The highest BCUT2D eigenvalue weighted by atomic mass is 32.2. The van der Waals surface area contributed by atoms with Gasteiger partial charge in [0.25, 0.3) is 0 Å². The fourth-order valence-electron chi connectivity index (χ4n) is 5.92. The number of urea groups is 1. The highest BCUT2D eigenvalue weighted by Gasteiger charge is 2.42. The van der Waals surface area contributed by atoms with Crippen LogP contribution in [0.2, 0.25) is 0 Å². The van der Waals surface area contributed by atoms with E-state index in [4.69, 9.17) is 0 Å². The summed E-state index contributed by atoms with van der Waals surface area (Å²) >= 11 is 6.07. The maximum Gasteiger partial charge on any atom is 0.315 e. The van der Waals surface area contributed by atoms with Crippen molar-refractivity contribution in [2.45, 2.75) is 93.2 Å². The Bertz CT molecular complexity index is 897. The lowest BCUT2D eigenvalue weighted by Gasteiger charge is -2.30. The average molecular weight is 568 g/mol. The molecule has 12 heteroatoms. The second-order valence-electron chi connectivity index (χ2n) is 11.0. The molecule has 1 saturated carbocycles. The van der Waals surface area contributed by atoms with E-state index >= 15 is 0 Å². The van der Waals surface area contributed by atoms with Crippen LogP contribution in [0.5, 0.6) is 0 Å². The Morgan fingerprint density at radius 2 is 1.71 bits per heavy atom. The molecular formula is C26H41N5O5S2. The molecule has 3 saturated heterocycles. The van der Waals surface area contributed by atoms with Gasteiger partial charge in [-0.25, -0.2) is 4.79 Å². The van der Waals surface area contributed by atoms with E-state index in [2.05, 4.69) is 33.9 Å². The molecule has 0 aromatic heterocycles. The highest BCUT2D eigenvalue weighted by molar-refractivity contribution is 8.00. The normalized spacial score (nSPS) is 30.7. The number of amides is 6. The Morgan fingerprint density at radius 1 is 0.974 bits per heavy atom. The summed E-state index contributed by atoms with van der Waals surface area (Å²) in [4.78, 5) is 61.5. The summed E-state index contributed by atoms with van der Waals surface area (Å²) in [6, 6.07) is 0.400. The number of hydrogen-bond acceptors (Lipinski definition) is 7. The zero-order valence-electron chi connectivity index (χ0n) is 21.9. The fraction of sp³-hybridized carbons (Fsp3) is 0.808. The van der Waals surface area contributed by atoms with Crippen LogP contribution >= 0.6 is 24.4 Å². The van der Waals surface area contributed by atoms with Crippen LogP contribution in [0.15, 0.2) is 0 Å². The number of rotatable bonds is 13. The second kappa shape index (κ2) is 13.9. The standard InChI is InChI=1S/C26H41N5O5S2/c32-21(6-2-1-5-20-23-18(15-38-20)29-26(36)30-23)27-11-3-4-12-28-24(34)17-9-7-16(8-10-17)14-31-22(33)13-19(37)25(31)35/h16-20,23,37H,1-15H2,(H,27,32)(H,28,34)(H2,29,30,36). The summed E-state index contributed by atoms with van der Waals surface area (Å²) in [5, 5.41) is 11.9. The molecule has 38 heavy (non-hydrogen) atoms. The minimum Gasteiger partial charge on any atom is -0.356 e. The zero-order valence-corrected chi connectivity index (χ0v) is 23.6. The third kappa shape index (κ3) is 7.80. The first-order valence-electron chi connectivity index (χ1n) is 14.1. The van der Waals surface area contributed by atoms with Crippen molar-refractivity contribution in [2.24, 2.45) is 11.8 Å². The van der Waals surface area contributed by atoms with E-state index in [1.807, 2.05) is 11.8 Å². The van der Waals surface area contributed by atoms with Gasteiger partial charge in [0.2, 0.25) is 23.6 Å². The Labute approximate surface area is 234 Å². The van der Waals surface area contributed by atoms with Gasteiger partial charge < -0.3 is 21.3 Å². The maximum atomic E-state index is 12.5. The van der Waals surface area contributed by atoms with E-state index in [0.717, 1.165) is 63.5 Å². The monoisotopic (exact) mass is 567 g/mol. The Kier molecular flexibility index (Phi) is 10.6. The van der Waals surface area contributed by atoms with E-state index in [-0.39, 0.29) is 60.0 Å².